The topological polar surface area (TPSA) is 98.0 Å². The van der Waals surface area contributed by atoms with E-state index in [9.17, 15) is 4.79 Å². The van der Waals surface area contributed by atoms with Crippen molar-refractivity contribution in [2.24, 2.45) is 10.7 Å². The molecule has 1 heterocycles. The lowest BCUT2D eigenvalue weighted by atomic mass is 10.1. The summed E-state index contributed by atoms with van der Waals surface area (Å²) in [6.45, 7) is 1.10. The number of carbonyl (C=O) groups is 1. The number of fused-ring (bicyclic) bond motifs is 1. The van der Waals surface area contributed by atoms with Gasteiger partial charge in [0.1, 0.15) is 17.6 Å². The van der Waals surface area contributed by atoms with Crippen LogP contribution < -0.4 is 25.8 Å². The minimum atomic E-state index is -0.501. The molecule has 1 amide bonds. The number of hydrogen-bond donors (Lipinski definition) is 3. The van der Waals surface area contributed by atoms with Gasteiger partial charge >= 0.3 is 0 Å². The Labute approximate surface area is 181 Å². The third-order valence-corrected chi connectivity index (χ3v) is 4.17. The van der Waals surface area contributed by atoms with Gasteiger partial charge in [0.15, 0.2) is 12.6 Å². The molecule has 0 radical (unpaired) electrons. The number of para-hydroxylation sites is 1. The fourth-order valence-corrected chi connectivity index (χ4v) is 2.88. The highest BCUT2D eigenvalue weighted by molar-refractivity contribution is 14.0. The summed E-state index contributed by atoms with van der Waals surface area (Å²) in [7, 11) is 1.73. The lowest BCUT2D eigenvalue weighted by molar-refractivity contribution is -0.119. The first kappa shape index (κ1) is 21.8. The van der Waals surface area contributed by atoms with Crippen molar-refractivity contribution in [1.82, 2.24) is 10.6 Å². The summed E-state index contributed by atoms with van der Waals surface area (Å²) in [5.74, 6) is 1.76. The van der Waals surface area contributed by atoms with Gasteiger partial charge in [0.05, 0.1) is 6.54 Å². The van der Waals surface area contributed by atoms with Crippen molar-refractivity contribution in [1.29, 1.82) is 0 Å². The molecule has 1 aliphatic heterocycles. The number of ether oxygens (including phenoxy) is 2. The maximum atomic E-state index is 10.8. The fraction of sp³-hybridized carbons (Fsp3) is 0.300. The number of nitrogens with two attached hydrogens (primary N) is 1. The largest absolute Gasteiger partial charge is 0.488 e. The molecule has 0 spiro atoms. The molecule has 7 nitrogen and oxygen atoms in total. The molecule has 4 N–H and O–H groups in total. The summed E-state index contributed by atoms with van der Waals surface area (Å²) in [5, 5.41) is 6.55. The molecule has 28 heavy (non-hydrogen) atoms. The number of primary amides is 1. The summed E-state index contributed by atoms with van der Waals surface area (Å²) in [6, 6.07) is 15.6. The Morgan fingerprint density at radius 1 is 1.25 bits per heavy atom. The average Bonchev–Trinajstić information content (AvgIpc) is 3.10. The first-order valence-corrected chi connectivity index (χ1v) is 8.83. The molecule has 0 saturated carbocycles. The van der Waals surface area contributed by atoms with E-state index in [0.717, 1.165) is 17.7 Å². The van der Waals surface area contributed by atoms with Crippen LogP contribution in [0.3, 0.4) is 0 Å². The van der Waals surface area contributed by atoms with Crippen LogP contribution >= 0.6 is 24.0 Å². The second kappa shape index (κ2) is 10.7. The summed E-state index contributed by atoms with van der Waals surface area (Å²) >= 11 is 0. The predicted octanol–water partition coefficient (Wildman–Crippen LogP) is 1.84. The lowest BCUT2D eigenvalue weighted by Crippen LogP contribution is -2.41. The van der Waals surface area contributed by atoms with Gasteiger partial charge in [0.25, 0.3) is 5.91 Å². The van der Waals surface area contributed by atoms with Crippen LogP contribution in [0.4, 0.5) is 0 Å². The molecule has 2 aromatic rings. The monoisotopic (exact) mass is 496 g/mol. The number of nitrogens with one attached hydrogen (secondary N) is 2. The molecule has 0 bridgehead atoms. The van der Waals surface area contributed by atoms with Crippen molar-refractivity contribution >= 4 is 35.8 Å². The molecule has 0 fully saturated rings. The van der Waals surface area contributed by atoms with Crippen LogP contribution in [0.5, 0.6) is 11.5 Å². The maximum Gasteiger partial charge on any atom is 0.255 e. The van der Waals surface area contributed by atoms with Crippen molar-refractivity contribution in [3.05, 3.63) is 59.7 Å². The SMILES string of the molecule is CN=C(NCc1cccc(OCC(N)=O)c1)NCC1Cc2ccccc2O1.I. The summed E-state index contributed by atoms with van der Waals surface area (Å²) in [4.78, 5) is 15.1. The van der Waals surface area contributed by atoms with Gasteiger partial charge in [-0.2, -0.15) is 0 Å². The Morgan fingerprint density at radius 2 is 2.07 bits per heavy atom. The zero-order valence-corrected chi connectivity index (χ0v) is 18.0. The van der Waals surface area contributed by atoms with E-state index in [4.69, 9.17) is 15.2 Å². The predicted molar refractivity (Wildman–Crippen MR) is 119 cm³/mol. The number of hydrogen-bond acceptors (Lipinski definition) is 4. The number of amides is 1. The highest BCUT2D eigenvalue weighted by Gasteiger charge is 2.22. The Kier molecular flexibility index (Phi) is 8.37. The van der Waals surface area contributed by atoms with E-state index in [0.29, 0.717) is 24.8 Å². The molecule has 1 unspecified atom stereocenters. The van der Waals surface area contributed by atoms with Crippen LogP contribution in [-0.2, 0) is 17.8 Å². The molecule has 8 heteroatoms. The quantitative estimate of drug-likeness (QED) is 0.309. The molecule has 0 aliphatic carbocycles. The standard InChI is InChI=1S/C20H24N4O3.HI/c1-22-20(24-12-17-10-15-6-2-3-8-18(15)27-17)23-11-14-5-4-7-16(9-14)26-13-19(21)25;/h2-9,17H,10-13H2,1H3,(H2,21,25)(H2,22,23,24);1H. The molecule has 3 rings (SSSR count). The highest BCUT2D eigenvalue weighted by Crippen LogP contribution is 2.27. The van der Waals surface area contributed by atoms with Gasteiger partial charge in [0, 0.05) is 20.0 Å². The van der Waals surface area contributed by atoms with Gasteiger partial charge in [-0.1, -0.05) is 30.3 Å². The van der Waals surface area contributed by atoms with Gasteiger partial charge in [-0.25, -0.2) is 0 Å². The normalized spacial score (nSPS) is 15.0. The van der Waals surface area contributed by atoms with E-state index in [1.165, 1.54) is 5.56 Å². The van der Waals surface area contributed by atoms with E-state index < -0.39 is 5.91 Å². The molecular weight excluding hydrogens is 471 g/mol. The van der Waals surface area contributed by atoms with Gasteiger partial charge in [-0.05, 0) is 29.3 Å². The number of aliphatic imine (C=N–C) groups is 1. The minimum Gasteiger partial charge on any atom is -0.488 e. The van der Waals surface area contributed by atoms with Crippen LogP contribution in [-0.4, -0.2) is 38.2 Å². The van der Waals surface area contributed by atoms with Crippen LogP contribution in [0, 0.1) is 0 Å². The Balaban J connectivity index is 0.00000280. The van der Waals surface area contributed by atoms with Crippen molar-refractivity contribution in [2.75, 3.05) is 20.2 Å². The number of halogens is 1. The van der Waals surface area contributed by atoms with E-state index in [1.54, 1.807) is 13.1 Å². The molecule has 1 atom stereocenters. The zero-order valence-electron chi connectivity index (χ0n) is 15.7. The third kappa shape index (κ3) is 6.29. The Hall–Kier alpha value is -2.49. The van der Waals surface area contributed by atoms with Gasteiger partial charge in [0.2, 0.25) is 0 Å². The molecule has 1 aliphatic rings. The van der Waals surface area contributed by atoms with Gasteiger partial charge < -0.3 is 25.8 Å². The summed E-state index contributed by atoms with van der Waals surface area (Å²) < 4.78 is 11.2. The number of carbonyl (C=O) groups excluding carboxylic acids is 1. The molecule has 2 aromatic carbocycles. The number of nitrogens with zero attached hydrogens (tertiary/aromatic N) is 1. The van der Waals surface area contributed by atoms with Crippen molar-refractivity contribution in [3.8, 4) is 11.5 Å². The van der Waals surface area contributed by atoms with Crippen LogP contribution in [0.15, 0.2) is 53.5 Å². The second-order valence-electron chi connectivity index (χ2n) is 6.26. The summed E-state index contributed by atoms with van der Waals surface area (Å²) in [5.41, 5.74) is 7.34. The van der Waals surface area contributed by atoms with E-state index in [2.05, 4.69) is 21.7 Å². The lowest BCUT2D eigenvalue weighted by Gasteiger charge is -2.16. The van der Waals surface area contributed by atoms with E-state index in [1.807, 2.05) is 36.4 Å². The first-order valence-electron chi connectivity index (χ1n) is 8.83. The van der Waals surface area contributed by atoms with Gasteiger partial charge in [-0.15, -0.1) is 24.0 Å². The Morgan fingerprint density at radius 3 is 2.82 bits per heavy atom. The minimum absolute atomic E-state index is 0. The van der Waals surface area contributed by atoms with Crippen molar-refractivity contribution < 1.29 is 14.3 Å². The fourth-order valence-electron chi connectivity index (χ4n) is 2.88. The summed E-state index contributed by atoms with van der Waals surface area (Å²) in [6.07, 6.45) is 0.978. The third-order valence-electron chi connectivity index (χ3n) is 4.17. The molecule has 0 aromatic heterocycles. The maximum absolute atomic E-state index is 10.8. The molecule has 150 valence electrons. The average molecular weight is 496 g/mol. The van der Waals surface area contributed by atoms with Crippen LogP contribution in [0.2, 0.25) is 0 Å². The number of guanidine groups is 1. The molecule has 0 saturated heterocycles. The second-order valence-corrected chi connectivity index (χ2v) is 6.26. The first-order chi connectivity index (χ1) is 13.1. The van der Waals surface area contributed by atoms with E-state index in [-0.39, 0.29) is 36.7 Å². The van der Waals surface area contributed by atoms with Crippen LogP contribution in [0.25, 0.3) is 0 Å². The number of benzene rings is 2. The Bertz CT molecular complexity index is 804. The highest BCUT2D eigenvalue weighted by atomic mass is 127. The van der Waals surface area contributed by atoms with Gasteiger partial charge in [-0.3, -0.25) is 9.79 Å². The zero-order chi connectivity index (χ0) is 19.1. The van der Waals surface area contributed by atoms with E-state index >= 15 is 0 Å². The smallest absolute Gasteiger partial charge is 0.255 e. The van der Waals surface area contributed by atoms with Crippen molar-refractivity contribution in [2.45, 2.75) is 19.1 Å². The molecular formula is C20H25IN4O3. The number of rotatable bonds is 7. The van der Waals surface area contributed by atoms with Crippen LogP contribution in [0.1, 0.15) is 11.1 Å². The van der Waals surface area contributed by atoms with Crippen molar-refractivity contribution in [3.63, 3.8) is 0 Å².